The fraction of sp³-hybridized carbons (Fsp3) is 0.636. The van der Waals surface area contributed by atoms with Gasteiger partial charge in [-0.1, -0.05) is 37.5 Å². The Bertz CT molecular complexity index is 682. The van der Waals surface area contributed by atoms with Crippen molar-refractivity contribution >= 4 is 11.9 Å². The summed E-state index contributed by atoms with van der Waals surface area (Å²) in [7, 11) is 0. The predicted molar refractivity (Wildman–Crippen MR) is 109 cm³/mol. The van der Waals surface area contributed by atoms with E-state index in [9.17, 15) is 9.59 Å². The van der Waals surface area contributed by atoms with Crippen LogP contribution in [0.5, 0.6) is 5.75 Å². The molecule has 29 heavy (non-hydrogen) atoms. The van der Waals surface area contributed by atoms with Crippen molar-refractivity contribution in [3.63, 3.8) is 0 Å². The monoisotopic (exact) mass is 404 g/mol. The SMILES string of the molecule is Cc1ccccc1OCC(=O)OCC(=O)NCC1(N2CCOCC2)CCCCC1. The standard InChI is InChI=1S/C22H32N2O5/c1-18-7-3-4-8-19(18)28-16-21(26)29-15-20(25)23-17-22(9-5-2-6-10-22)24-11-13-27-14-12-24/h3-4,7-8H,2,5-6,9-17H2,1H3,(H,23,25). The highest BCUT2D eigenvalue weighted by atomic mass is 16.6. The maximum atomic E-state index is 12.3. The number of rotatable bonds is 8. The topological polar surface area (TPSA) is 77.1 Å². The Morgan fingerprint density at radius 3 is 2.55 bits per heavy atom. The molecule has 2 aliphatic rings. The first-order valence-electron chi connectivity index (χ1n) is 10.5. The molecule has 1 heterocycles. The van der Waals surface area contributed by atoms with Gasteiger partial charge in [0, 0.05) is 25.2 Å². The van der Waals surface area contributed by atoms with E-state index in [4.69, 9.17) is 14.2 Å². The first-order chi connectivity index (χ1) is 14.1. The van der Waals surface area contributed by atoms with Crippen LogP contribution in [0.2, 0.25) is 0 Å². The molecular weight excluding hydrogens is 372 g/mol. The lowest BCUT2D eigenvalue weighted by atomic mass is 9.79. The third kappa shape index (κ3) is 6.18. The molecule has 0 atom stereocenters. The van der Waals surface area contributed by atoms with Crippen LogP contribution in [-0.4, -0.2) is 68.4 Å². The molecule has 0 bridgehead atoms. The lowest BCUT2D eigenvalue weighted by Gasteiger charge is -2.48. The summed E-state index contributed by atoms with van der Waals surface area (Å²) in [5.41, 5.74) is 0.939. The number of carbonyl (C=O) groups excluding carboxylic acids is 2. The summed E-state index contributed by atoms with van der Waals surface area (Å²) in [6.45, 7) is 5.29. The summed E-state index contributed by atoms with van der Waals surface area (Å²) in [6.07, 6.45) is 5.77. The van der Waals surface area contributed by atoms with Crippen molar-refractivity contribution in [1.29, 1.82) is 0 Å². The summed E-state index contributed by atoms with van der Waals surface area (Å²) in [5, 5.41) is 2.99. The number of aryl methyl sites for hydroxylation is 1. The number of amides is 1. The quantitative estimate of drug-likeness (QED) is 0.669. The first kappa shape index (κ1) is 21.6. The molecule has 1 aromatic carbocycles. The fourth-order valence-corrected chi connectivity index (χ4v) is 4.21. The molecule has 1 aliphatic carbocycles. The molecule has 1 aromatic rings. The van der Waals surface area contributed by atoms with Crippen molar-refractivity contribution in [1.82, 2.24) is 10.2 Å². The fourth-order valence-electron chi connectivity index (χ4n) is 4.21. The summed E-state index contributed by atoms with van der Waals surface area (Å²) in [6, 6.07) is 7.45. The van der Waals surface area contributed by atoms with Crippen molar-refractivity contribution < 1.29 is 23.8 Å². The Balaban J connectivity index is 1.42. The number of ether oxygens (including phenoxy) is 3. The summed E-state index contributed by atoms with van der Waals surface area (Å²) >= 11 is 0. The number of benzene rings is 1. The number of carbonyl (C=O) groups is 2. The maximum absolute atomic E-state index is 12.3. The van der Waals surface area contributed by atoms with Crippen LogP contribution in [0.15, 0.2) is 24.3 Å². The van der Waals surface area contributed by atoms with Crippen LogP contribution < -0.4 is 10.1 Å². The van der Waals surface area contributed by atoms with Gasteiger partial charge in [0.1, 0.15) is 5.75 Å². The molecule has 2 fully saturated rings. The van der Waals surface area contributed by atoms with Crippen LogP contribution in [0.4, 0.5) is 0 Å². The van der Waals surface area contributed by atoms with E-state index in [2.05, 4.69) is 10.2 Å². The second kappa shape index (κ2) is 10.6. The lowest BCUT2D eigenvalue weighted by molar-refractivity contribution is -0.150. The van der Waals surface area contributed by atoms with E-state index in [1.165, 1.54) is 19.3 Å². The van der Waals surface area contributed by atoms with Crippen LogP contribution in [0, 0.1) is 6.92 Å². The molecule has 0 spiro atoms. The van der Waals surface area contributed by atoms with Gasteiger partial charge in [0.05, 0.1) is 13.2 Å². The number of nitrogens with zero attached hydrogens (tertiary/aromatic N) is 1. The molecule has 160 valence electrons. The maximum Gasteiger partial charge on any atom is 0.344 e. The minimum atomic E-state index is -0.552. The van der Waals surface area contributed by atoms with E-state index in [1.807, 2.05) is 25.1 Å². The highest BCUT2D eigenvalue weighted by Gasteiger charge is 2.38. The van der Waals surface area contributed by atoms with E-state index in [0.29, 0.717) is 12.3 Å². The molecule has 1 aliphatic heterocycles. The van der Waals surface area contributed by atoms with Gasteiger partial charge in [0.25, 0.3) is 5.91 Å². The van der Waals surface area contributed by atoms with Crippen molar-refractivity contribution in [3.8, 4) is 5.75 Å². The zero-order chi connectivity index (χ0) is 20.5. The molecule has 1 saturated carbocycles. The zero-order valence-corrected chi connectivity index (χ0v) is 17.3. The van der Waals surface area contributed by atoms with E-state index >= 15 is 0 Å². The molecule has 7 heteroatoms. The van der Waals surface area contributed by atoms with E-state index in [0.717, 1.165) is 44.7 Å². The van der Waals surface area contributed by atoms with Gasteiger partial charge in [-0.05, 0) is 31.4 Å². The number of esters is 1. The number of hydrogen-bond acceptors (Lipinski definition) is 6. The Morgan fingerprint density at radius 2 is 1.83 bits per heavy atom. The number of nitrogens with one attached hydrogen (secondary N) is 1. The van der Waals surface area contributed by atoms with E-state index in [-0.39, 0.29) is 24.7 Å². The third-order valence-corrected chi connectivity index (χ3v) is 5.88. The smallest absolute Gasteiger partial charge is 0.344 e. The van der Waals surface area contributed by atoms with Gasteiger partial charge in [0.15, 0.2) is 13.2 Å². The minimum Gasteiger partial charge on any atom is -0.482 e. The number of morpholine rings is 1. The zero-order valence-electron chi connectivity index (χ0n) is 17.3. The average Bonchev–Trinajstić information content (AvgIpc) is 2.77. The van der Waals surface area contributed by atoms with Crippen molar-refractivity contribution in [2.75, 3.05) is 46.1 Å². The number of hydrogen-bond donors (Lipinski definition) is 1. The largest absolute Gasteiger partial charge is 0.482 e. The molecule has 0 aromatic heterocycles. The van der Waals surface area contributed by atoms with E-state index in [1.54, 1.807) is 6.07 Å². The second-order valence-corrected chi connectivity index (χ2v) is 7.88. The molecule has 1 amide bonds. The van der Waals surface area contributed by atoms with Gasteiger partial charge in [-0.15, -0.1) is 0 Å². The molecular formula is C22H32N2O5. The van der Waals surface area contributed by atoms with Gasteiger partial charge in [-0.2, -0.15) is 0 Å². The molecule has 7 nitrogen and oxygen atoms in total. The highest BCUT2D eigenvalue weighted by molar-refractivity contribution is 5.81. The van der Waals surface area contributed by atoms with Crippen LogP contribution in [0.1, 0.15) is 37.7 Å². The van der Waals surface area contributed by atoms with Crippen molar-refractivity contribution in [2.24, 2.45) is 0 Å². The highest BCUT2D eigenvalue weighted by Crippen LogP contribution is 2.33. The van der Waals surface area contributed by atoms with Crippen LogP contribution in [0.3, 0.4) is 0 Å². The van der Waals surface area contributed by atoms with Gasteiger partial charge in [-0.3, -0.25) is 9.69 Å². The Kier molecular flexibility index (Phi) is 7.89. The van der Waals surface area contributed by atoms with Gasteiger partial charge in [-0.25, -0.2) is 4.79 Å². The molecule has 1 N–H and O–H groups in total. The van der Waals surface area contributed by atoms with Crippen LogP contribution in [-0.2, 0) is 19.1 Å². The third-order valence-electron chi connectivity index (χ3n) is 5.88. The van der Waals surface area contributed by atoms with Gasteiger partial charge in [0.2, 0.25) is 0 Å². The molecule has 0 radical (unpaired) electrons. The van der Waals surface area contributed by atoms with Gasteiger partial charge >= 0.3 is 5.97 Å². The molecule has 0 unspecified atom stereocenters. The Morgan fingerprint density at radius 1 is 1.10 bits per heavy atom. The van der Waals surface area contributed by atoms with Crippen molar-refractivity contribution in [3.05, 3.63) is 29.8 Å². The van der Waals surface area contributed by atoms with E-state index < -0.39 is 5.97 Å². The minimum absolute atomic E-state index is 0.00432. The van der Waals surface area contributed by atoms with Crippen molar-refractivity contribution in [2.45, 2.75) is 44.6 Å². The average molecular weight is 405 g/mol. The Labute approximate surface area is 172 Å². The normalized spacial score (nSPS) is 19.3. The molecule has 1 saturated heterocycles. The lowest BCUT2D eigenvalue weighted by Crippen LogP contribution is -2.59. The Hall–Kier alpha value is -2.12. The first-order valence-corrected chi connectivity index (χ1v) is 10.5. The van der Waals surface area contributed by atoms with Crippen LogP contribution >= 0.6 is 0 Å². The number of para-hydroxylation sites is 1. The van der Waals surface area contributed by atoms with Crippen LogP contribution in [0.25, 0.3) is 0 Å². The van der Waals surface area contributed by atoms with Gasteiger partial charge < -0.3 is 19.5 Å². The predicted octanol–water partition coefficient (Wildman–Crippen LogP) is 2.07. The summed E-state index contributed by atoms with van der Waals surface area (Å²) < 4.78 is 16.0. The summed E-state index contributed by atoms with van der Waals surface area (Å²) in [4.78, 5) is 26.6. The second-order valence-electron chi connectivity index (χ2n) is 7.88. The molecule has 3 rings (SSSR count). The summed E-state index contributed by atoms with van der Waals surface area (Å²) in [5.74, 6) is -0.185.